The Kier molecular flexibility index (Phi) is 4.34. The van der Waals surface area contributed by atoms with Gasteiger partial charge in [-0.2, -0.15) is 0 Å². The lowest BCUT2D eigenvalue weighted by Gasteiger charge is -2.27. The first-order chi connectivity index (χ1) is 7.84. The van der Waals surface area contributed by atoms with Crippen LogP contribution in [0.4, 0.5) is 4.79 Å². The van der Waals surface area contributed by atoms with Crippen LogP contribution in [-0.4, -0.2) is 52.3 Å². The van der Waals surface area contributed by atoms with Gasteiger partial charge in [-0.25, -0.2) is 9.59 Å². The zero-order chi connectivity index (χ0) is 13.2. The quantitative estimate of drug-likeness (QED) is 0.647. The Hall–Kier alpha value is -1.30. The van der Waals surface area contributed by atoms with Crippen LogP contribution in [0, 0.1) is 5.92 Å². The van der Waals surface area contributed by atoms with E-state index in [4.69, 9.17) is 5.11 Å². The van der Waals surface area contributed by atoms with Gasteiger partial charge in [-0.1, -0.05) is 0 Å². The zero-order valence-corrected chi connectivity index (χ0v) is 10.4. The van der Waals surface area contributed by atoms with Gasteiger partial charge in [-0.3, -0.25) is 0 Å². The number of rotatable bonds is 5. The van der Waals surface area contributed by atoms with Crippen molar-refractivity contribution in [3.8, 4) is 0 Å². The van der Waals surface area contributed by atoms with Crippen molar-refractivity contribution in [2.45, 2.75) is 44.9 Å². The van der Waals surface area contributed by atoms with E-state index in [-0.39, 0.29) is 6.04 Å². The monoisotopic (exact) mass is 244 g/mol. The number of carboxylic acids is 1. The Balaban J connectivity index is 2.53. The van der Waals surface area contributed by atoms with Gasteiger partial charge in [0.1, 0.15) is 0 Å². The number of aliphatic hydroxyl groups excluding tert-OH is 1. The van der Waals surface area contributed by atoms with Crippen LogP contribution in [0.3, 0.4) is 0 Å². The summed E-state index contributed by atoms with van der Waals surface area (Å²) in [7, 11) is 1.64. The van der Waals surface area contributed by atoms with E-state index in [0.29, 0.717) is 5.92 Å². The molecule has 1 saturated carbocycles. The molecule has 0 spiro atoms. The summed E-state index contributed by atoms with van der Waals surface area (Å²) in [6.07, 6.45) is 1.09. The van der Waals surface area contributed by atoms with Crippen molar-refractivity contribution in [3.63, 3.8) is 0 Å². The Labute approximate surface area is 101 Å². The SMILES string of the molecule is CC(O)C(NC(=O)N(C)C(C)C1CC1)C(=O)O. The van der Waals surface area contributed by atoms with Crippen molar-refractivity contribution in [1.82, 2.24) is 10.2 Å². The van der Waals surface area contributed by atoms with Crippen LogP contribution in [0.1, 0.15) is 26.7 Å². The lowest BCUT2D eigenvalue weighted by atomic mass is 10.2. The second kappa shape index (κ2) is 5.35. The van der Waals surface area contributed by atoms with Crippen molar-refractivity contribution >= 4 is 12.0 Å². The fraction of sp³-hybridized carbons (Fsp3) is 0.818. The topological polar surface area (TPSA) is 89.9 Å². The van der Waals surface area contributed by atoms with Crippen LogP contribution < -0.4 is 5.32 Å². The number of urea groups is 1. The number of carboxylic acid groups (broad SMARTS) is 1. The van der Waals surface area contributed by atoms with Gasteiger partial charge >= 0.3 is 12.0 Å². The number of hydrogen-bond donors (Lipinski definition) is 3. The van der Waals surface area contributed by atoms with Gasteiger partial charge in [0.15, 0.2) is 6.04 Å². The molecule has 0 heterocycles. The van der Waals surface area contributed by atoms with E-state index in [2.05, 4.69) is 5.32 Å². The third-order valence-corrected chi connectivity index (χ3v) is 3.26. The number of nitrogens with one attached hydrogen (secondary N) is 1. The van der Waals surface area contributed by atoms with Crippen molar-refractivity contribution in [2.75, 3.05) is 7.05 Å². The van der Waals surface area contributed by atoms with E-state index in [1.165, 1.54) is 11.8 Å². The van der Waals surface area contributed by atoms with Crippen LogP contribution in [0.15, 0.2) is 0 Å². The zero-order valence-electron chi connectivity index (χ0n) is 10.4. The molecule has 1 aliphatic rings. The summed E-state index contributed by atoms with van der Waals surface area (Å²) >= 11 is 0. The van der Waals surface area contributed by atoms with E-state index in [1.807, 2.05) is 6.92 Å². The maximum absolute atomic E-state index is 11.8. The molecule has 0 bridgehead atoms. The van der Waals surface area contributed by atoms with Gasteiger partial charge in [0, 0.05) is 13.1 Å². The molecule has 1 rings (SSSR count). The molecule has 0 aromatic carbocycles. The fourth-order valence-electron chi connectivity index (χ4n) is 1.70. The van der Waals surface area contributed by atoms with Gasteiger partial charge in [0.25, 0.3) is 0 Å². The molecule has 3 atom stereocenters. The fourth-order valence-corrected chi connectivity index (χ4v) is 1.70. The summed E-state index contributed by atoms with van der Waals surface area (Å²) in [5.41, 5.74) is 0. The van der Waals surface area contributed by atoms with Crippen LogP contribution in [-0.2, 0) is 4.79 Å². The normalized spacial score (nSPS) is 20.2. The van der Waals surface area contributed by atoms with E-state index in [9.17, 15) is 14.7 Å². The van der Waals surface area contributed by atoms with Crippen LogP contribution >= 0.6 is 0 Å². The first-order valence-corrected chi connectivity index (χ1v) is 5.78. The van der Waals surface area contributed by atoms with Gasteiger partial charge < -0.3 is 20.4 Å². The minimum Gasteiger partial charge on any atom is -0.480 e. The molecule has 0 radical (unpaired) electrons. The van der Waals surface area contributed by atoms with Crippen molar-refractivity contribution in [2.24, 2.45) is 5.92 Å². The largest absolute Gasteiger partial charge is 0.480 e. The Morgan fingerprint density at radius 2 is 1.88 bits per heavy atom. The lowest BCUT2D eigenvalue weighted by molar-refractivity contribution is -0.141. The number of carbonyl (C=O) groups is 2. The number of aliphatic carboxylic acids is 1. The van der Waals surface area contributed by atoms with Gasteiger partial charge in [0.05, 0.1) is 6.10 Å². The van der Waals surface area contributed by atoms with Crippen molar-refractivity contribution < 1.29 is 19.8 Å². The number of nitrogens with zero attached hydrogens (tertiary/aromatic N) is 1. The van der Waals surface area contributed by atoms with E-state index in [0.717, 1.165) is 12.8 Å². The average molecular weight is 244 g/mol. The van der Waals surface area contributed by atoms with Gasteiger partial charge in [-0.15, -0.1) is 0 Å². The second-order valence-corrected chi connectivity index (χ2v) is 4.69. The molecule has 98 valence electrons. The predicted octanol–water partition coefficient (Wildman–Crippen LogP) is 0.260. The lowest BCUT2D eigenvalue weighted by Crippen LogP contribution is -2.53. The third-order valence-electron chi connectivity index (χ3n) is 3.26. The van der Waals surface area contributed by atoms with Gasteiger partial charge in [0.2, 0.25) is 0 Å². The summed E-state index contributed by atoms with van der Waals surface area (Å²) in [5.74, 6) is -0.721. The van der Waals surface area contributed by atoms with Crippen LogP contribution in [0.25, 0.3) is 0 Å². The standard InChI is InChI=1S/C11H20N2O4/c1-6(8-4-5-8)13(3)11(17)12-9(7(2)14)10(15)16/h6-9,14H,4-5H2,1-3H3,(H,12,17)(H,15,16). The second-order valence-electron chi connectivity index (χ2n) is 4.69. The van der Waals surface area contributed by atoms with E-state index >= 15 is 0 Å². The van der Waals surface area contributed by atoms with Crippen LogP contribution in [0.5, 0.6) is 0 Å². The molecule has 0 aliphatic heterocycles. The minimum absolute atomic E-state index is 0.0958. The molecule has 3 N–H and O–H groups in total. The summed E-state index contributed by atoms with van der Waals surface area (Å²) in [5, 5.41) is 20.4. The summed E-state index contributed by atoms with van der Waals surface area (Å²) in [4.78, 5) is 24.1. The van der Waals surface area contributed by atoms with Gasteiger partial charge in [-0.05, 0) is 32.6 Å². The Morgan fingerprint density at radius 1 is 1.35 bits per heavy atom. The molecule has 6 heteroatoms. The smallest absolute Gasteiger partial charge is 0.328 e. The number of hydrogen-bond acceptors (Lipinski definition) is 3. The number of aliphatic hydroxyl groups is 1. The minimum atomic E-state index is -1.27. The molecule has 0 aromatic rings. The summed E-state index contributed by atoms with van der Waals surface area (Å²) < 4.78 is 0. The molecule has 3 unspecified atom stereocenters. The Morgan fingerprint density at radius 3 is 2.24 bits per heavy atom. The van der Waals surface area contributed by atoms with Crippen molar-refractivity contribution in [1.29, 1.82) is 0 Å². The first-order valence-electron chi connectivity index (χ1n) is 5.78. The maximum Gasteiger partial charge on any atom is 0.328 e. The highest BCUT2D eigenvalue weighted by Gasteiger charge is 2.34. The van der Waals surface area contributed by atoms with Crippen molar-refractivity contribution in [3.05, 3.63) is 0 Å². The highest BCUT2D eigenvalue weighted by atomic mass is 16.4. The summed E-state index contributed by atoms with van der Waals surface area (Å²) in [6.45, 7) is 3.28. The van der Waals surface area contributed by atoms with E-state index < -0.39 is 24.1 Å². The average Bonchev–Trinajstić information content (AvgIpc) is 3.06. The van der Waals surface area contributed by atoms with Crippen LogP contribution in [0.2, 0.25) is 0 Å². The molecule has 6 nitrogen and oxygen atoms in total. The predicted molar refractivity (Wildman–Crippen MR) is 61.6 cm³/mol. The molecule has 2 amide bonds. The third kappa shape index (κ3) is 3.59. The van der Waals surface area contributed by atoms with E-state index in [1.54, 1.807) is 7.05 Å². The highest BCUT2D eigenvalue weighted by Crippen LogP contribution is 2.34. The molecule has 0 saturated heterocycles. The highest BCUT2D eigenvalue weighted by molar-refractivity contribution is 5.83. The molecule has 1 fully saturated rings. The Bertz CT molecular complexity index is 302. The molecule has 0 aromatic heterocycles. The molecule has 17 heavy (non-hydrogen) atoms. The number of amides is 2. The summed E-state index contributed by atoms with van der Waals surface area (Å²) in [6, 6.07) is -1.63. The molecular weight excluding hydrogens is 224 g/mol. The number of carbonyl (C=O) groups excluding carboxylic acids is 1. The molecular formula is C11H20N2O4. The maximum atomic E-state index is 11.8. The first kappa shape index (κ1) is 13.8. The molecule has 1 aliphatic carbocycles.